The Kier molecular flexibility index (Phi) is 6.87. The van der Waals surface area contributed by atoms with Crippen LogP contribution in [0.2, 0.25) is 5.15 Å². The monoisotopic (exact) mass is 245 g/mol. The smallest absolute Gasteiger partial charge is 0.337 e. The van der Waals surface area contributed by atoms with Crippen molar-refractivity contribution in [3.05, 3.63) is 28.5 Å². The fourth-order valence-corrected chi connectivity index (χ4v) is 1.03. The van der Waals surface area contributed by atoms with Crippen LogP contribution in [0.4, 0.5) is 0 Å². The van der Waals surface area contributed by atoms with Gasteiger partial charge in [0.25, 0.3) is 6.47 Å². The van der Waals surface area contributed by atoms with Gasteiger partial charge in [-0.15, -0.1) is 0 Å². The molecule has 6 heteroatoms. The number of aromatic carboxylic acids is 1. The first-order valence-corrected chi connectivity index (χ1v) is 4.81. The lowest BCUT2D eigenvalue weighted by Crippen LogP contribution is -2.00. The summed E-state index contributed by atoms with van der Waals surface area (Å²) in [5.41, 5.74) is 0.812. The van der Waals surface area contributed by atoms with Crippen LogP contribution in [0.25, 0.3) is 0 Å². The Bertz CT molecular complexity index is 368. The SMILES string of the molecule is CCOC=O.Cc1cc(Cl)ncc1C(=O)O. The minimum absolute atomic E-state index is 0.189. The van der Waals surface area contributed by atoms with Gasteiger partial charge in [-0.05, 0) is 25.5 Å². The van der Waals surface area contributed by atoms with Crippen LogP contribution >= 0.6 is 11.6 Å². The molecule has 0 aliphatic carbocycles. The normalized spacial score (nSPS) is 8.69. The summed E-state index contributed by atoms with van der Waals surface area (Å²) in [5.74, 6) is -0.980. The summed E-state index contributed by atoms with van der Waals surface area (Å²) in [6.45, 7) is 4.34. The standard InChI is InChI=1S/C7H6ClNO2.C3H6O2/c1-4-2-6(8)9-3-5(4)7(10)11;1-2-5-3-4/h2-3H,1H3,(H,10,11);3H,2H2,1H3. The molecular formula is C10H12ClNO4. The van der Waals surface area contributed by atoms with E-state index in [-0.39, 0.29) is 5.56 Å². The van der Waals surface area contributed by atoms with Crippen LogP contribution in [0, 0.1) is 6.92 Å². The lowest BCUT2D eigenvalue weighted by atomic mass is 10.2. The van der Waals surface area contributed by atoms with Crippen LogP contribution in [0.15, 0.2) is 12.3 Å². The van der Waals surface area contributed by atoms with E-state index in [0.717, 1.165) is 0 Å². The Morgan fingerprint density at radius 2 is 2.31 bits per heavy atom. The third-order valence-electron chi connectivity index (χ3n) is 1.54. The Balaban J connectivity index is 0.000000385. The fourth-order valence-electron chi connectivity index (χ4n) is 0.814. The van der Waals surface area contributed by atoms with Gasteiger partial charge in [0.2, 0.25) is 0 Å². The highest BCUT2D eigenvalue weighted by Crippen LogP contribution is 2.11. The molecule has 0 fully saturated rings. The summed E-state index contributed by atoms with van der Waals surface area (Å²) < 4.78 is 4.15. The van der Waals surface area contributed by atoms with Gasteiger partial charge in [0.1, 0.15) is 5.15 Å². The second-order valence-electron chi connectivity index (χ2n) is 2.68. The van der Waals surface area contributed by atoms with Crippen LogP contribution in [0.5, 0.6) is 0 Å². The predicted molar refractivity (Wildman–Crippen MR) is 58.6 cm³/mol. The lowest BCUT2D eigenvalue weighted by Gasteiger charge is -1.98. The van der Waals surface area contributed by atoms with E-state index >= 15 is 0 Å². The molecule has 16 heavy (non-hydrogen) atoms. The molecule has 0 aromatic carbocycles. The molecule has 1 N–H and O–H groups in total. The minimum Gasteiger partial charge on any atom is -0.478 e. The van der Waals surface area contributed by atoms with Crippen molar-refractivity contribution in [2.45, 2.75) is 13.8 Å². The fraction of sp³-hybridized carbons (Fsp3) is 0.300. The van der Waals surface area contributed by atoms with Crippen molar-refractivity contribution in [3.63, 3.8) is 0 Å². The number of nitrogens with zero attached hydrogens (tertiary/aromatic N) is 1. The van der Waals surface area contributed by atoms with Crippen LogP contribution in [0.3, 0.4) is 0 Å². The molecule has 1 rings (SSSR count). The second kappa shape index (κ2) is 7.64. The number of carboxylic acids is 1. The van der Waals surface area contributed by atoms with Gasteiger partial charge in [-0.2, -0.15) is 0 Å². The molecule has 5 nitrogen and oxygen atoms in total. The predicted octanol–water partition coefficient (Wildman–Crippen LogP) is 1.92. The zero-order valence-electron chi connectivity index (χ0n) is 8.94. The molecular weight excluding hydrogens is 234 g/mol. The van der Waals surface area contributed by atoms with Gasteiger partial charge < -0.3 is 9.84 Å². The second-order valence-corrected chi connectivity index (χ2v) is 3.07. The molecule has 0 spiro atoms. The van der Waals surface area contributed by atoms with Gasteiger partial charge in [-0.3, -0.25) is 4.79 Å². The number of carbonyl (C=O) groups is 2. The van der Waals surface area contributed by atoms with Crippen molar-refractivity contribution in [3.8, 4) is 0 Å². The number of pyridine rings is 1. The van der Waals surface area contributed by atoms with Crippen LogP contribution in [0.1, 0.15) is 22.8 Å². The zero-order valence-corrected chi connectivity index (χ0v) is 9.69. The summed E-state index contributed by atoms with van der Waals surface area (Å²) in [4.78, 5) is 23.3. The number of aryl methyl sites for hydroxylation is 1. The average molecular weight is 246 g/mol. The molecule has 0 radical (unpaired) electrons. The Labute approximate surface area is 98.0 Å². The summed E-state index contributed by atoms with van der Waals surface area (Å²) >= 11 is 5.52. The van der Waals surface area contributed by atoms with E-state index in [9.17, 15) is 9.59 Å². The quantitative estimate of drug-likeness (QED) is 0.650. The summed E-state index contributed by atoms with van der Waals surface area (Å²) in [7, 11) is 0. The lowest BCUT2D eigenvalue weighted by molar-refractivity contribution is -0.128. The number of hydrogen-bond acceptors (Lipinski definition) is 4. The maximum Gasteiger partial charge on any atom is 0.337 e. The molecule has 0 amide bonds. The maximum atomic E-state index is 10.4. The number of aromatic nitrogens is 1. The van der Waals surface area contributed by atoms with Crippen molar-refractivity contribution >= 4 is 24.0 Å². The molecule has 1 heterocycles. The van der Waals surface area contributed by atoms with Crippen molar-refractivity contribution < 1.29 is 19.4 Å². The third kappa shape index (κ3) is 5.31. The first-order chi connectivity index (χ1) is 7.52. The van der Waals surface area contributed by atoms with Crippen molar-refractivity contribution in [1.82, 2.24) is 4.98 Å². The van der Waals surface area contributed by atoms with E-state index in [4.69, 9.17) is 16.7 Å². The van der Waals surface area contributed by atoms with Gasteiger partial charge in [0, 0.05) is 6.20 Å². The van der Waals surface area contributed by atoms with E-state index in [2.05, 4.69) is 9.72 Å². The first-order valence-electron chi connectivity index (χ1n) is 4.43. The number of hydrogen-bond donors (Lipinski definition) is 1. The molecule has 0 aliphatic rings. The molecule has 0 unspecified atom stereocenters. The molecule has 1 aromatic heterocycles. The van der Waals surface area contributed by atoms with E-state index in [1.54, 1.807) is 13.8 Å². The number of carboxylic acid groups (broad SMARTS) is 1. The largest absolute Gasteiger partial charge is 0.478 e. The highest BCUT2D eigenvalue weighted by Gasteiger charge is 2.06. The number of carbonyl (C=O) groups excluding carboxylic acids is 1. The van der Waals surface area contributed by atoms with Gasteiger partial charge in [0.05, 0.1) is 12.2 Å². The topological polar surface area (TPSA) is 76.5 Å². The molecule has 88 valence electrons. The van der Waals surface area contributed by atoms with Crippen LogP contribution in [-0.2, 0) is 9.53 Å². The zero-order chi connectivity index (χ0) is 12.6. The maximum absolute atomic E-state index is 10.4. The summed E-state index contributed by atoms with van der Waals surface area (Å²) in [6, 6.07) is 1.52. The highest BCUT2D eigenvalue weighted by atomic mass is 35.5. The number of halogens is 1. The minimum atomic E-state index is -0.980. The Hall–Kier alpha value is -1.62. The molecule has 0 bridgehead atoms. The molecule has 0 saturated heterocycles. The van der Waals surface area contributed by atoms with Crippen molar-refractivity contribution in [2.75, 3.05) is 6.61 Å². The highest BCUT2D eigenvalue weighted by molar-refractivity contribution is 6.29. The third-order valence-corrected chi connectivity index (χ3v) is 1.75. The van der Waals surface area contributed by atoms with Gasteiger partial charge in [-0.1, -0.05) is 11.6 Å². The van der Waals surface area contributed by atoms with Crippen molar-refractivity contribution in [2.24, 2.45) is 0 Å². The van der Waals surface area contributed by atoms with E-state index < -0.39 is 5.97 Å². The average Bonchev–Trinajstić information content (AvgIpc) is 2.19. The van der Waals surface area contributed by atoms with Crippen LogP contribution in [-0.4, -0.2) is 29.1 Å². The molecule has 1 aromatic rings. The van der Waals surface area contributed by atoms with Gasteiger partial charge >= 0.3 is 5.97 Å². The summed E-state index contributed by atoms with van der Waals surface area (Å²) in [5, 5.41) is 8.89. The molecule has 0 atom stereocenters. The van der Waals surface area contributed by atoms with Crippen molar-refractivity contribution in [1.29, 1.82) is 0 Å². The van der Waals surface area contributed by atoms with Gasteiger partial charge in [0.15, 0.2) is 0 Å². The molecule has 0 saturated carbocycles. The Morgan fingerprint density at radius 1 is 1.69 bits per heavy atom. The number of rotatable bonds is 3. The Morgan fingerprint density at radius 3 is 2.62 bits per heavy atom. The number of ether oxygens (including phenoxy) is 1. The van der Waals surface area contributed by atoms with E-state index in [0.29, 0.717) is 23.8 Å². The van der Waals surface area contributed by atoms with Gasteiger partial charge in [-0.25, -0.2) is 9.78 Å². The summed E-state index contributed by atoms with van der Waals surface area (Å²) in [6.07, 6.45) is 1.25. The van der Waals surface area contributed by atoms with Crippen LogP contribution < -0.4 is 0 Å². The first kappa shape index (κ1) is 14.4. The molecule has 0 aliphatic heterocycles. The van der Waals surface area contributed by atoms with E-state index in [1.807, 2.05) is 0 Å². The van der Waals surface area contributed by atoms with E-state index in [1.165, 1.54) is 12.3 Å².